The third kappa shape index (κ3) is 4.70. The minimum Gasteiger partial charge on any atom is -0.496 e. The number of benzene rings is 1. The number of likely N-dealkylation sites (N-methyl/N-ethyl adjacent to an activating group) is 1. The second kappa shape index (κ2) is 8.37. The average Bonchev–Trinajstić information content (AvgIpc) is 2.75. The van der Waals surface area contributed by atoms with Crippen LogP contribution in [0.2, 0.25) is 0 Å². The van der Waals surface area contributed by atoms with E-state index in [-0.39, 0.29) is 0 Å². The Labute approximate surface area is 128 Å². The van der Waals surface area contributed by atoms with Crippen LogP contribution in [0.25, 0.3) is 0 Å². The molecule has 0 saturated carbocycles. The summed E-state index contributed by atoms with van der Waals surface area (Å²) in [6, 6.07) is 6.70. The molecule has 0 amide bonds. The van der Waals surface area contributed by atoms with Crippen LogP contribution in [0, 0.1) is 6.92 Å². The largest absolute Gasteiger partial charge is 0.496 e. The molecule has 1 atom stereocenters. The van der Waals surface area contributed by atoms with Gasteiger partial charge in [-0.15, -0.1) is 0 Å². The summed E-state index contributed by atoms with van der Waals surface area (Å²) in [7, 11) is 1.75. The zero-order valence-electron chi connectivity index (χ0n) is 13.5. The van der Waals surface area contributed by atoms with Crippen molar-refractivity contribution in [1.29, 1.82) is 0 Å². The van der Waals surface area contributed by atoms with Gasteiger partial charge in [0.15, 0.2) is 0 Å². The Balaban J connectivity index is 2.15. The van der Waals surface area contributed by atoms with Crippen molar-refractivity contribution in [3.05, 3.63) is 29.3 Å². The standard InChI is InChI=1S/C17H28N2O2/c1-4-18-16(13-19-8-5-10-21-11-9-19)15-12-14(2)6-7-17(15)20-3/h6-7,12,16,18H,4-5,8-11,13H2,1-3H3. The molecule has 1 aromatic carbocycles. The lowest BCUT2D eigenvalue weighted by Crippen LogP contribution is -2.36. The highest BCUT2D eigenvalue weighted by atomic mass is 16.5. The van der Waals surface area contributed by atoms with Gasteiger partial charge in [-0.25, -0.2) is 0 Å². The first-order valence-electron chi connectivity index (χ1n) is 7.92. The fourth-order valence-corrected chi connectivity index (χ4v) is 2.88. The molecule has 0 aliphatic carbocycles. The molecule has 1 unspecified atom stereocenters. The van der Waals surface area contributed by atoms with Crippen molar-refractivity contribution in [3.8, 4) is 5.75 Å². The van der Waals surface area contributed by atoms with Gasteiger partial charge in [0, 0.05) is 37.8 Å². The maximum atomic E-state index is 5.56. The topological polar surface area (TPSA) is 33.7 Å². The maximum absolute atomic E-state index is 5.56. The molecule has 1 aliphatic rings. The predicted octanol–water partition coefficient (Wildman–Crippen LogP) is 2.38. The fourth-order valence-electron chi connectivity index (χ4n) is 2.88. The summed E-state index contributed by atoms with van der Waals surface area (Å²) >= 11 is 0. The molecule has 0 bridgehead atoms. The van der Waals surface area contributed by atoms with Crippen molar-refractivity contribution >= 4 is 0 Å². The molecular formula is C17H28N2O2. The summed E-state index contributed by atoms with van der Waals surface area (Å²) in [6.45, 7) is 10.1. The van der Waals surface area contributed by atoms with E-state index in [1.165, 1.54) is 11.1 Å². The lowest BCUT2D eigenvalue weighted by Gasteiger charge is -2.28. The Morgan fingerprint density at radius 2 is 2.19 bits per heavy atom. The van der Waals surface area contributed by atoms with E-state index in [0.29, 0.717) is 6.04 Å². The molecule has 118 valence electrons. The highest BCUT2D eigenvalue weighted by molar-refractivity contribution is 5.39. The molecule has 2 rings (SSSR count). The van der Waals surface area contributed by atoms with Crippen LogP contribution < -0.4 is 10.1 Å². The Hall–Kier alpha value is -1.10. The van der Waals surface area contributed by atoms with Gasteiger partial charge in [0.25, 0.3) is 0 Å². The lowest BCUT2D eigenvalue weighted by atomic mass is 10.0. The maximum Gasteiger partial charge on any atom is 0.123 e. The van der Waals surface area contributed by atoms with Crippen molar-refractivity contribution in [2.24, 2.45) is 0 Å². The van der Waals surface area contributed by atoms with Crippen molar-refractivity contribution in [3.63, 3.8) is 0 Å². The smallest absolute Gasteiger partial charge is 0.123 e. The van der Waals surface area contributed by atoms with E-state index >= 15 is 0 Å². The lowest BCUT2D eigenvalue weighted by molar-refractivity contribution is 0.139. The first kappa shape index (κ1) is 16.3. The van der Waals surface area contributed by atoms with Crippen molar-refractivity contribution in [2.75, 3.05) is 46.5 Å². The summed E-state index contributed by atoms with van der Waals surface area (Å²) in [5.74, 6) is 0.970. The van der Waals surface area contributed by atoms with Gasteiger partial charge in [-0.2, -0.15) is 0 Å². The predicted molar refractivity (Wildman–Crippen MR) is 86.0 cm³/mol. The van der Waals surface area contributed by atoms with E-state index in [4.69, 9.17) is 9.47 Å². The van der Waals surface area contributed by atoms with Gasteiger partial charge in [-0.1, -0.05) is 24.6 Å². The van der Waals surface area contributed by atoms with Gasteiger partial charge in [-0.05, 0) is 26.0 Å². The summed E-state index contributed by atoms with van der Waals surface area (Å²) < 4.78 is 11.1. The Morgan fingerprint density at radius 1 is 1.33 bits per heavy atom. The van der Waals surface area contributed by atoms with Crippen LogP contribution in [0.15, 0.2) is 18.2 Å². The summed E-state index contributed by atoms with van der Waals surface area (Å²) in [4.78, 5) is 2.49. The Kier molecular flexibility index (Phi) is 6.49. The first-order valence-corrected chi connectivity index (χ1v) is 7.92. The third-order valence-electron chi connectivity index (χ3n) is 3.97. The molecule has 1 aliphatic heterocycles. The van der Waals surface area contributed by atoms with Crippen LogP contribution in [0.1, 0.15) is 30.5 Å². The zero-order chi connectivity index (χ0) is 15.1. The number of rotatable bonds is 6. The van der Waals surface area contributed by atoms with Gasteiger partial charge >= 0.3 is 0 Å². The minimum absolute atomic E-state index is 0.294. The van der Waals surface area contributed by atoms with Gasteiger partial charge in [0.05, 0.1) is 13.7 Å². The number of nitrogens with zero attached hydrogens (tertiary/aromatic N) is 1. The zero-order valence-corrected chi connectivity index (χ0v) is 13.5. The summed E-state index contributed by atoms with van der Waals surface area (Å²) in [5, 5.41) is 3.61. The number of methoxy groups -OCH3 is 1. The van der Waals surface area contributed by atoms with Crippen molar-refractivity contribution < 1.29 is 9.47 Å². The van der Waals surface area contributed by atoms with E-state index in [1.54, 1.807) is 7.11 Å². The van der Waals surface area contributed by atoms with Crippen molar-refractivity contribution in [1.82, 2.24) is 10.2 Å². The second-order valence-electron chi connectivity index (χ2n) is 5.62. The molecule has 1 fully saturated rings. The molecule has 21 heavy (non-hydrogen) atoms. The fraction of sp³-hybridized carbons (Fsp3) is 0.647. The number of hydrogen-bond acceptors (Lipinski definition) is 4. The van der Waals surface area contributed by atoms with Crippen LogP contribution in [0.4, 0.5) is 0 Å². The van der Waals surface area contributed by atoms with Crippen LogP contribution in [-0.2, 0) is 4.74 Å². The molecule has 1 aromatic rings. The number of ether oxygens (including phenoxy) is 2. The van der Waals surface area contributed by atoms with E-state index < -0.39 is 0 Å². The van der Waals surface area contributed by atoms with E-state index in [1.807, 2.05) is 0 Å². The minimum atomic E-state index is 0.294. The molecule has 4 heteroatoms. The second-order valence-corrected chi connectivity index (χ2v) is 5.62. The number of nitrogens with one attached hydrogen (secondary N) is 1. The van der Waals surface area contributed by atoms with E-state index in [0.717, 1.165) is 51.6 Å². The number of hydrogen-bond donors (Lipinski definition) is 1. The normalized spacial score (nSPS) is 18.2. The number of aryl methyl sites for hydroxylation is 1. The molecule has 4 nitrogen and oxygen atoms in total. The molecule has 1 saturated heterocycles. The van der Waals surface area contributed by atoms with Gasteiger partial charge in [0.1, 0.15) is 5.75 Å². The van der Waals surface area contributed by atoms with E-state index in [2.05, 4.69) is 42.3 Å². The molecular weight excluding hydrogens is 264 g/mol. The highest BCUT2D eigenvalue weighted by Crippen LogP contribution is 2.27. The molecule has 0 radical (unpaired) electrons. The Morgan fingerprint density at radius 3 is 2.95 bits per heavy atom. The van der Waals surface area contributed by atoms with Crippen LogP contribution in [-0.4, -0.2) is 51.4 Å². The van der Waals surface area contributed by atoms with Crippen LogP contribution in [0.3, 0.4) is 0 Å². The van der Waals surface area contributed by atoms with Gasteiger partial charge in [-0.3, -0.25) is 4.90 Å². The first-order chi connectivity index (χ1) is 10.2. The molecule has 1 N–H and O–H groups in total. The molecule has 0 spiro atoms. The van der Waals surface area contributed by atoms with Crippen LogP contribution in [0.5, 0.6) is 5.75 Å². The quantitative estimate of drug-likeness (QED) is 0.873. The summed E-state index contributed by atoms with van der Waals surface area (Å²) in [6.07, 6.45) is 1.11. The van der Waals surface area contributed by atoms with E-state index in [9.17, 15) is 0 Å². The van der Waals surface area contributed by atoms with Crippen molar-refractivity contribution in [2.45, 2.75) is 26.3 Å². The highest BCUT2D eigenvalue weighted by Gasteiger charge is 2.20. The van der Waals surface area contributed by atoms with Gasteiger partial charge < -0.3 is 14.8 Å². The summed E-state index contributed by atoms with van der Waals surface area (Å²) in [5.41, 5.74) is 2.53. The molecule has 0 aromatic heterocycles. The third-order valence-corrected chi connectivity index (χ3v) is 3.97. The Bertz CT molecular complexity index is 429. The van der Waals surface area contributed by atoms with Crippen LogP contribution >= 0.6 is 0 Å². The average molecular weight is 292 g/mol. The molecule has 1 heterocycles. The van der Waals surface area contributed by atoms with Gasteiger partial charge in [0.2, 0.25) is 0 Å². The SMILES string of the molecule is CCNC(CN1CCCOCC1)c1cc(C)ccc1OC. The monoisotopic (exact) mass is 292 g/mol.